The molecule has 0 saturated carbocycles. The molecule has 0 bridgehead atoms. The Kier molecular flexibility index (Phi) is 7.80. The Balaban J connectivity index is 1.46. The van der Waals surface area contributed by atoms with E-state index in [2.05, 4.69) is 4.98 Å². The van der Waals surface area contributed by atoms with Crippen molar-refractivity contribution >= 4 is 58.8 Å². The van der Waals surface area contributed by atoms with Crippen LogP contribution in [0.4, 0.5) is 0 Å². The normalized spacial score (nSPS) is 18.8. The topological polar surface area (TPSA) is 186 Å². The molecule has 13 nitrogen and oxygen atoms in total. The number of carbonyl (C=O) groups is 8. The fourth-order valence-electron chi connectivity index (χ4n) is 7.37. The fraction of sp³-hybridized carbons (Fsp3) is 0.186. The Bertz CT molecular complexity index is 2510. The van der Waals surface area contributed by atoms with E-state index >= 15 is 0 Å². The van der Waals surface area contributed by atoms with E-state index in [1.165, 1.54) is 42.6 Å². The van der Waals surface area contributed by atoms with Crippen molar-refractivity contribution in [3.63, 3.8) is 0 Å². The number of fused-ring (bicyclic) bond motifs is 7. The van der Waals surface area contributed by atoms with Crippen LogP contribution in [-0.4, -0.2) is 62.8 Å². The third kappa shape index (κ3) is 5.34. The predicted octanol–water partition coefficient (Wildman–Crippen LogP) is 5.92. The number of ketones is 6. The highest BCUT2D eigenvalue weighted by molar-refractivity contribution is 6.41. The molecule has 2 aliphatic heterocycles. The maximum atomic E-state index is 14.8. The minimum Gasteiger partial charge on any atom is -0.483 e. The lowest BCUT2D eigenvalue weighted by Crippen LogP contribution is -2.36. The third-order valence-corrected chi connectivity index (χ3v) is 9.69. The molecule has 278 valence electrons. The van der Waals surface area contributed by atoms with Gasteiger partial charge in [0, 0.05) is 59.0 Å². The van der Waals surface area contributed by atoms with Crippen LogP contribution >= 0.6 is 0 Å². The molecule has 0 atom stereocenters. The number of esters is 2. The molecule has 0 spiro atoms. The molecule has 56 heavy (non-hydrogen) atoms. The second kappa shape index (κ2) is 12.2. The number of allylic oxidation sites excluding steroid dienone is 6. The summed E-state index contributed by atoms with van der Waals surface area (Å²) in [5.41, 5.74) is -6.14. The van der Waals surface area contributed by atoms with Gasteiger partial charge in [0.1, 0.15) is 28.4 Å². The Morgan fingerprint density at radius 3 is 1.43 bits per heavy atom. The number of carbonyl (C=O) groups excluding carboxylic acids is 8. The second-order valence-corrected chi connectivity index (χ2v) is 14.6. The van der Waals surface area contributed by atoms with Gasteiger partial charge in [-0.15, -0.1) is 0 Å². The van der Waals surface area contributed by atoms with Crippen LogP contribution in [0.15, 0.2) is 88.6 Å². The zero-order valence-electron chi connectivity index (χ0n) is 30.7. The summed E-state index contributed by atoms with van der Waals surface area (Å²) in [6, 6.07) is 8.12. The number of rotatable bonds is 4. The highest BCUT2D eigenvalue weighted by Gasteiger charge is 2.49. The molecule has 3 aliphatic carbocycles. The first kappa shape index (κ1) is 35.9. The van der Waals surface area contributed by atoms with Crippen molar-refractivity contribution < 1.29 is 57.3 Å². The number of nitrogens with zero attached hydrogens (tertiary/aromatic N) is 1. The molecule has 3 heterocycles. The van der Waals surface area contributed by atoms with E-state index in [9.17, 15) is 38.4 Å². The van der Waals surface area contributed by atoms with Gasteiger partial charge in [-0.25, -0.2) is 0 Å². The molecule has 8 rings (SSSR count). The smallest absolute Gasteiger partial charge is 0.308 e. The minimum absolute atomic E-state index is 0.195. The molecule has 1 aromatic heterocycles. The summed E-state index contributed by atoms with van der Waals surface area (Å²) in [5, 5.41) is 0. The van der Waals surface area contributed by atoms with Crippen LogP contribution in [-0.2, 0) is 19.1 Å². The maximum absolute atomic E-state index is 14.8. The number of benzene rings is 2. The van der Waals surface area contributed by atoms with Crippen LogP contribution in [0.1, 0.15) is 115 Å². The number of aromatic nitrogens is 1. The molecule has 5 aliphatic rings. The van der Waals surface area contributed by atoms with Crippen LogP contribution in [0, 0.1) is 0 Å². The first-order chi connectivity index (χ1) is 26.4. The van der Waals surface area contributed by atoms with Crippen LogP contribution < -0.4 is 9.47 Å². The van der Waals surface area contributed by atoms with Crippen LogP contribution in [0.25, 0.3) is 12.2 Å². The van der Waals surface area contributed by atoms with E-state index in [-0.39, 0.29) is 50.4 Å². The number of hydrogen-bond donors (Lipinski definition) is 0. The second-order valence-electron chi connectivity index (χ2n) is 14.6. The average molecular weight is 752 g/mol. The maximum Gasteiger partial charge on any atom is 0.308 e. The fourth-order valence-corrected chi connectivity index (χ4v) is 7.37. The molecule has 0 amide bonds. The van der Waals surface area contributed by atoms with Gasteiger partial charge in [0.05, 0.1) is 22.3 Å². The van der Waals surface area contributed by atoms with E-state index in [1.54, 1.807) is 52.0 Å². The molecule has 13 heteroatoms. The summed E-state index contributed by atoms with van der Waals surface area (Å²) in [6.45, 7) is 9.05. The van der Waals surface area contributed by atoms with E-state index < -0.39 is 97.3 Å². The molecule has 2 aromatic carbocycles. The lowest BCUT2D eigenvalue weighted by molar-refractivity contribution is -0.137. The summed E-state index contributed by atoms with van der Waals surface area (Å²) in [7, 11) is 0. The standard InChI is InChI=1S/C43H29NO12/c1-18(45)53-40-31(34(47)22-9-11-25-20(27(22)38(40)51)13-15-42(3,4)55-25)29-30(37(50)33-24(36(29)49)8-7-17-44-33)32-35(48)23-10-12-26-21(14-16-43(5,6)56-26)28(23)39(52)41(32)54-19(2)46/h7-17H,1-6H3. The Hall–Kier alpha value is -7.15. The number of ether oxygens (including phenoxy) is 4. The highest BCUT2D eigenvalue weighted by atomic mass is 16.5. The molecule has 0 N–H and O–H groups in total. The average Bonchev–Trinajstić information content (AvgIpc) is 3.13. The number of hydrogen-bond acceptors (Lipinski definition) is 13. The summed E-state index contributed by atoms with van der Waals surface area (Å²) in [6.07, 6.45) is 7.71. The first-order valence-corrected chi connectivity index (χ1v) is 17.3. The van der Waals surface area contributed by atoms with Crippen LogP contribution in [0.2, 0.25) is 0 Å². The van der Waals surface area contributed by atoms with Crippen molar-refractivity contribution in [2.24, 2.45) is 0 Å². The highest BCUT2D eigenvalue weighted by Crippen LogP contribution is 2.46. The SMILES string of the molecule is CC(=O)OC1=C(C2=C(C3=C(OC(C)=O)C(=O)c4c(ccc5c4C=CC(C)(C)O5)C3=O)C(=O)c3ncccc3C2=O)C(=O)c2ccc3c(c2C1=O)C=CC(C)(C)O3. The quantitative estimate of drug-likeness (QED) is 0.286. The van der Waals surface area contributed by atoms with Crippen molar-refractivity contribution in [3.05, 3.63) is 133 Å². The predicted molar refractivity (Wildman–Crippen MR) is 195 cm³/mol. The zero-order chi connectivity index (χ0) is 40.2. The van der Waals surface area contributed by atoms with Crippen LogP contribution in [0.3, 0.4) is 0 Å². The van der Waals surface area contributed by atoms with Gasteiger partial charge in [-0.3, -0.25) is 43.3 Å². The lowest BCUT2D eigenvalue weighted by atomic mass is 9.72. The van der Waals surface area contributed by atoms with Gasteiger partial charge in [-0.1, -0.05) is 12.2 Å². The van der Waals surface area contributed by atoms with Gasteiger partial charge in [-0.05, 0) is 76.2 Å². The Morgan fingerprint density at radius 2 is 0.982 bits per heavy atom. The zero-order valence-corrected chi connectivity index (χ0v) is 30.7. The van der Waals surface area contributed by atoms with Crippen molar-refractivity contribution in [3.8, 4) is 11.5 Å². The van der Waals surface area contributed by atoms with Crippen LogP contribution in [0.5, 0.6) is 11.5 Å². The van der Waals surface area contributed by atoms with Gasteiger partial charge >= 0.3 is 11.9 Å². The third-order valence-electron chi connectivity index (χ3n) is 9.69. The summed E-state index contributed by atoms with van der Waals surface area (Å²) in [4.78, 5) is 118. The van der Waals surface area contributed by atoms with Gasteiger partial charge in [0.15, 0.2) is 28.9 Å². The summed E-state index contributed by atoms with van der Waals surface area (Å²) >= 11 is 0. The van der Waals surface area contributed by atoms with E-state index in [0.717, 1.165) is 13.8 Å². The molecule has 0 fully saturated rings. The number of pyridine rings is 1. The molecule has 0 radical (unpaired) electrons. The van der Waals surface area contributed by atoms with Crippen molar-refractivity contribution in [1.29, 1.82) is 0 Å². The Morgan fingerprint density at radius 1 is 0.554 bits per heavy atom. The molecule has 0 unspecified atom stereocenters. The molecular weight excluding hydrogens is 722 g/mol. The molecule has 3 aromatic rings. The van der Waals surface area contributed by atoms with E-state index in [4.69, 9.17) is 18.9 Å². The van der Waals surface area contributed by atoms with Gasteiger partial charge in [0.2, 0.25) is 17.3 Å². The van der Waals surface area contributed by atoms with E-state index in [1.807, 2.05) is 0 Å². The van der Waals surface area contributed by atoms with Crippen molar-refractivity contribution in [2.45, 2.75) is 52.7 Å². The summed E-state index contributed by atoms with van der Waals surface area (Å²) < 4.78 is 22.9. The van der Waals surface area contributed by atoms with Gasteiger partial charge in [0.25, 0.3) is 0 Å². The number of Topliss-reactive ketones (excluding diaryl/α,β-unsaturated/α-hetero) is 6. The Labute approximate surface area is 318 Å². The molecular formula is C43H29NO12. The van der Waals surface area contributed by atoms with Gasteiger partial charge < -0.3 is 18.9 Å². The summed E-state index contributed by atoms with van der Waals surface area (Å²) in [5.74, 6) is -9.72. The largest absolute Gasteiger partial charge is 0.483 e. The molecule has 0 saturated heterocycles. The first-order valence-electron chi connectivity index (χ1n) is 17.3. The monoisotopic (exact) mass is 751 g/mol. The van der Waals surface area contributed by atoms with E-state index in [0.29, 0.717) is 0 Å². The lowest BCUT2D eigenvalue weighted by Gasteiger charge is -2.32. The van der Waals surface area contributed by atoms with Crippen molar-refractivity contribution in [1.82, 2.24) is 4.98 Å². The van der Waals surface area contributed by atoms with Gasteiger partial charge in [-0.2, -0.15) is 0 Å². The minimum atomic E-state index is -1.12. The van der Waals surface area contributed by atoms with Crippen molar-refractivity contribution in [2.75, 3.05) is 0 Å².